The lowest BCUT2D eigenvalue weighted by atomic mass is 9.93. The molecule has 0 aliphatic rings. The third kappa shape index (κ3) is 3.10. The zero-order valence-corrected chi connectivity index (χ0v) is 12.5. The molecular formula is C17H11ClFNO3. The third-order valence-electron chi connectivity index (χ3n) is 3.47. The number of carboxylic acid groups (broad SMARTS) is 1. The van der Waals surface area contributed by atoms with Gasteiger partial charge in [0, 0.05) is 10.6 Å². The third-order valence-corrected chi connectivity index (χ3v) is 3.73. The van der Waals surface area contributed by atoms with Crippen LogP contribution in [-0.4, -0.2) is 16.1 Å². The van der Waals surface area contributed by atoms with Crippen molar-refractivity contribution in [2.24, 2.45) is 0 Å². The van der Waals surface area contributed by atoms with Crippen molar-refractivity contribution < 1.29 is 18.7 Å². The van der Waals surface area contributed by atoms with Crippen LogP contribution in [0.3, 0.4) is 0 Å². The Labute approximate surface area is 136 Å². The van der Waals surface area contributed by atoms with E-state index in [0.717, 1.165) is 6.39 Å². The number of hydrogen-bond donors (Lipinski definition) is 1. The largest absolute Gasteiger partial charge is 0.480 e. The van der Waals surface area contributed by atoms with Crippen molar-refractivity contribution in [1.29, 1.82) is 0 Å². The molecule has 1 N–H and O–H groups in total. The zero-order chi connectivity index (χ0) is 16.4. The Morgan fingerprint density at radius 2 is 1.96 bits per heavy atom. The summed E-state index contributed by atoms with van der Waals surface area (Å²) in [7, 11) is 0. The Morgan fingerprint density at radius 3 is 2.57 bits per heavy atom. The molecule has 0 bridgehead atoms. The molecule has 0 aliphatic carbocycles. The molecule has 0 amide bonds. The van der Waals surface area contributed by atoms with Gasteiger partial charge in [-0.05, 0) is 35.4 Å². The maximum absolute atomic E-state index is 14.1. The number of hydrogen-bond acceptors (Lipinski definition) is 3. The number of aliphatic carboxylic acids is 1. The van der Waals surface area contributed by atoms with Gasteiger partial charge in [-0.3, -0.25) is 4.79 Å². The SMILES string of the molecule is O=C(O)C(c1ccc(F)c(-c2ccc(Cl)cc2)c1)c1cocn1. The fraction of sp³-hybridized carbons (Fsp3) is 0.0588. The smallest absolute Gasteiger partial charge is 0.317 e. The van der Waals surface area contributed by atoms with Crippen molar-refractivity contribution in [2.75, 3.05) is 0 Å². The van der Waals surface area contributed by atoms with E-state index in [1.807, 2.05) is 0 Å². The van der Waals surface area contributed by atoms with Gasteiger partial charge in [0.1, 0.15) is 18.0 Å². The van der Waals surface area contributed by atoms with E-state index in [4.69, 9.17) is 16.0 Å². The van der Waals surface area contributed by atoms with E-state index in [9.17, 15) is 14.3 Å². The van der Waals surface area contributed by atoms with Crippen molar-refractivity contribution in [2.45, 2.75) is 5.92 Å². The number of rotatable bonds is 4. The van der Waals surface area contributed by atoms with E-state index in [0.29, 0.717) is 21.7 Å². The molecule has 1 unspecified atom stereocenters. The lowest BCUT2D eigenvalue weighted by Crippen LogP contribution is -2.13. The molecule has 0 saturated heterocycles. The molecule has 0 fully saturated rings. The first-order chi connectivity index (χ1) is 11.1. The fourth-order valence-electron chi connectivity index (χ4n) is 2.38. The van der Waals surface area contributed by atoms with E-state index in [1.54, 1.807) is 24.3 Å². The molecule has 1 heterocycles. The van der Waals surface area contributed by atoms with Gasteiger partial charge in [-0.25, -0.2) is 9.37 Å². The second-order valence-electron chi connectivity index (χ2n) is 4.93. The molecule has 1 atom stereocenters. The second-order valence-corrected chi connectivity index (χ2v) is 5.37. The molecule has 23 heavy (non-hydrogen) atoms. The molecule has 6 heteroatoms. The molecule has 0 radical (unpaired) electrons. The van der Waals surface area contributed by atoms with Gasteiger partial charge in [0.25, 0.3) is 0 Å². The standard InChI is InChI=1S/C17H11ClFNO3/c18-12-4-1-10(2-5-12)13-7-11(3-6-14(13)19)16(17(21)22)15-8-23-9-20-15/h1-9,16H,(H,21,22). The van der Waals surface area contributed by atoms with Gasteiger partial charge < -0.3 is 9.52 Å². The first kappa shape index (κ1) is 15.2. The van der Waals surface area contributed by atoms with Gasteiger partial charge in [0.2, 0.25) is 0 Å². The minimum absolute atomic E-state index is 0.256. The molecule has 2 aromatic carbocycles. The molecule has 116 valence electrons. The highest BCUT2D eigenvalue weighted by Crippen LogP contribution is 2.30. The molecule has 1 aromatic heterocycles. The molecule has 3 rings (SSSR count). The Kier molecular flexibility index (Phi) is 4.12. The average molecular weight is 332 g/mol. The monoisotopic (exact) mass is 331 g/mol. The van der Waals surface area contributed by atoms with Crippen LogP contribution in [0.5, 0.6) is 0 Å². The van der Waals surface area contributed by atoms with Crippen molar-refractivity contribution in [3.63, 3.8) is 0 Å². The van der Waals surface area contributed by atoms with Crippen molar-refractivity contribution >= 4 is 17.6 Å². The van der Waals surface area contributed by atoms with E-state index in [2.05, 4.69) is 4.98 Å². The number of benzene rings is 2. The Balaban J connectivity index is 2.09. The van der Waals surface area contributed by atoms with E-state index >= 15 is 0 Å². The van der Waals surface area contributed by atoms with Crippen LogP contribution in [0, 0.1) is 5.82 Å². The Hall–Kier alpha value is -2.66. The normalized spacial score (nSPS) is 12.1. The summed E-state index contributed by atoms with van der Waals surface area (Å²) in [5, 5.41) is 10.0. The maximum Gasteiger partial charge on any atom is 0.317 e. The highest BCUT2D eigenvalue weighted by atomic mass is 35.5. The molecule has 0 saturated carbocycles. The van der Waals surface area contributed by atoms with Gasteiger partial charge >= 0.3 is 5.97 Å². The lowest BCUT2D eigenvalue weighted by molar-refractivity contribution is -0.137. The zero-order valence-electron chi connectivity index (χ0n) is 11.7. The van der Waals surface area contributed by atoms with Gasteiger partial charge in [-0.15, -0.1) is 0 Å². The Bertz CT molecular complexity index is 832. The summed E-state index contributed by atoms with van der Waals surface area (Å²) in [4.78, 5) is 15.5. The molecule has 0 aliphatic heterocycles. The maximum atomic E-state index is 14.1. The summed E-state index contributed by atoms with van der Waals surface area (Å²) in [6, 6.07) is 10.8. The minimum Gasteiger partial charge on any atom is -0.480 e. The number of nitrogens with zero attached hydrogens (tertiary/aromatic N) is 1. The highest BCUT2D eigenvalue weighted by molar-refractivity contribution is 6.30. The first-order valence-electron chi connectivity index (χ1n) is 6.72. The summed E-state index contributed by atoms with van der Waals surface area (Å²) in [5.74, 6) is -2.56. The van der Waals surface area contributed by atoms with Gasteiger partial charge in [-0.2, -0.15) is 0 Å². The second kappa shape index (κ2) is 6.22. The number of oxazole rings is 1. The van der Waals surface area contributed by atoms with Crippen LogP contribution < -0.4 is 0 Å². The van der Waals surface area contributed by atoms with Crippen molar-refractivity contribution in [3.05, 3.63) is 77.2 Å². The van der Waals surface area contributed by atoms with Crippen LogP contribution in [0.4, 0.5) is 4.39 Å². The molecule has 4 nitrogen and oxygen atoms in total. The molecular weight excluding hydrogens is 321 g/mol. The topological polar surface area (TPSA) is 63.3 Å². The summed E-state index contributed by atoms with van der Waals surface area (Å²) < 4.78 is 19.0. The van der Waals surface area contributed by atoms with Gasteiger partial charge in [-0.1, -0.05) is 29.8 Å². The van der Waals surface area contributed by atoms with Crippen LogP contribution >= 0.6 is 11.6 Å². The van der Waals surface area contributed by atoms with Crippen LogP contribution in [0.1, 0.15) is 17.2 Å². The van der Waals surface area contributed by atoms with E-state index in [-0.39, 0.29) is 5.69 Å². The van der Waals surface area contributed by atoms with E-state index < -0.39 is 17.7 Å². The van der Waals surface area contributed by atoms with Gasteiger partial charge in [0.15, 0.2) is 6.39 Å². The number of carbonyl (C=O) groups is 1. The number of aromatic nitrogens is 1. The van der Waals surface area contributed by atoms with Crippen LogP contribution in [0.2, 0.25) is 5.02 Å². The summed E-state index contributed by atoms with van der Waals surface area (Å²) >= 11 is 5.84. The quantitative estimate of drug-likeness (QED) is 0.772. The van der Waals surface area contributed by atoms with E-state index in [1.165, 1.54) is 24.5 Å². The molecule has 0 spiro atoms. The van der Waals surface area contributed by atoms with Crippen molar-refractivity contribution in [3.8, 4) is 11.1 Å². The fourth-order valence-corrected chi connectivity index (χ4v) is 2.50. The first-order valence-corrected chi connectivity index (χ1v) is 7.10. The van der Waals surface area contributed by atoms with Gasteiger partial charge in [0.05, 0.1) is 5.69 Å². The Morgan fingerprint density at radius 1 is 1.22 bits per heavy atom. The lowest BCUT2D eigenvalue weighted by Gasteiger charge is -2.12. The average Bonchev–Trinajstić information content (AvgIpc) is 3.04. The van der Waals surface area contributed by atoms with Crippen LogP contribution in [0.15, 0.2) is 59.5 Å². The summed E-state index contributed by atoms with van der Waals surface area (Å²) in [5.41, 5.74) is 1.58. The number of halogens is 2. The predicted molar refractivity (Wildman–Crippen MR) is 82.8 cm³/mol. The highest BCUT2D eigenvalue weighted by Gasteiger charge is 2.25. The number of carboxylic acids is 1. The van der Waals surface area contributed by atoms with Crippen molar-refractivity contribution in [1.82, 2.24) is 4.98 Å². The summed E-state index contributed by atoms with van der Waals surface area (Å²) in [6.45, 7) is 0. The van der Waals surface area contributed by atoms with Crippen LogP contribution in [0.25, 0.3) is 11.1 Å². The minimum atomic E-state index is -1.09. The van der Waals surface area contributed by atoms with Crippen LogP contribution in [-0.2, 0) is 4.79 Å². The predicted octanol–water partition coefficient (Wildman–Crippen LogP) is 4.35. The molecule has 3 aromatic rings. The summed E-state index contributed by atoms with van der Waals surface area (Å²) in [6.07, 6.45) is 2.43.